The van der Waals surface area contributed by atoms with Crippen LogP contribution in [0.25, 0.3) is 0 Å². The van der Waals surface area contributed by atoms with Gasteiger partial charge in [-0.15, -0.1) is 0 Å². The van der Waals surface area contributed by atoms with E-state index < -0.39 is 0 Å². The zero-order valence-electron chi connectivity index (χ0n) is 8.60. The van der Waals surface area contributed by atoms with E-state index in [2.05, 4.69) is 0 Å². The summed E-state index contributed by atoms with van der Waals surface area (Å²) in [7, 11) is 0. The van der Waals surface area contributed by atoms with Gasteiger partial charge in [0.1, 0.15) is 0 Å². The van der Waals surface area contributed by atoms with E-state index in [4.69, 9.17) is 0 Å². The molecule has 3 fully saturated rings. The lowest BCUT2D eigenvalue weighted by Crippen LogP contribution is -2.26. The molecule has 3 aliphatic rings. The normalized spacial score (nSPS) is 55.3. The fourth-order valence-corrected chi connectivity index (χ4v) is 4.68. The third kappa shape index (κ3) is 1.10. The second-order valence-corrected chi connectivity index (χ2v) is 5.69. The molecule has 2 heteroatoms. The van der Waals surface area contributed by atoms with Crippen LogP contribution in [-0.2, 0) is 0 Å². The molecular weight excluding hydrogens is 176 g/mol. The molecule has 3 aliphatic carbocycles. The lowest BCUT2D eigenvalue weighted by molar-refractivity contribution is 0.120. The van der Waals surface area contributed by atoms with Gasteiger partial charge in [0.25, 0.3) is 0 Å². The van der Waals surface area contributed by atoms with E-state index in [1.165, 1.54) is 25.7 Å². The highest BCUT2D eigenvalue weighted by Gasteiger charge is 2.55. The Kier molecular flexibility index (Phi) is 2.10. The number of hydrogen-bond acceptors (Lipinski definition) is 2. The van der Waals surface area contributed by atoms with E-state index in [9.17, 15) is 10.2 Å². The summed E-state index contributed by atoms with van der Waals surface area (Å²) in [6, 6.07) is 0. The summed E-state index contributed by atoms with van der Waals surface area (Å²) in [6.07, 6.45) is 5.14. The van der Waals surface area contributed by atoms with Gasteiger partial charge in [0.05, 0.1) is 0 Å². The molecule has 3 rings (SSSR count). The SMILES string of the molecule is OCC1CC2C3CC(CO)[C@H](C3)C2C1. The molecule has 14 heavy (non-hydrogen) atoms. The van der Waals surface area contributed by atoms with Crippen LogP contribution < -0.4 is 0 Å². The molecule has 2 nitrogen and oxygen atoms in total. The van der Waals surface area contributed by atoms with Crippen molar-refractivity contribution in [3.63, 3.8) is 0 Å². The quantitative estimate of drug-likeness (QED) is 0.698. The Morgan fingerprint density at radius 1 is 0.786 bits per heavy atom. The molecule has 5 unspecified atom stereocenters. The third-order valence-corrected chi connectivity index (χ3v) is 5.20. The smallest absolute Gasteiger partial charge is 0.0462 e. The van der Waals surface area contributed by atoms with E-state index in [-0.39, 0.29) is 0 Å². The lowest BCUT2D eigenvalue weighted by atomic mass is 9.76. The molecule has 0 aromatic carbocycles. The van der Waals surface area contributed by atoms with Gasteiger partial charge >= 0.3 is 0 Å². The molecule has 0 heterocycles. The fourth-order valence-electron chi connectivity index (χ4n) is 4.68. The van der Waals surface area contributed by atoms with E-state index in [1.54, 1.807) is 0 Å². The van der Waals surface area contributed by atoms with Crippen molar-refractivity contribution in [2.24, 2.45) is 35.5 Å². The van der Waals surface area contributed by atoms with Gasteiger partial charge in [0.15, 0.2) is 0 Å². The van der Waals surface area contributed by atoms with E-state index in [0.717, 1.165) is 23.7 Å². The Labute approximate surface area is 85.3 Å². The Morgan fingerprint density at radius 3 is 2.29 bits per heavy atom. The number of aliphatic hydroxyl groups is 2. The number of rotatable bonds is 2. The number of hydrogen-bond donors (Lipinski definition) is 2. The second-order valence-electron chi connectivity index (χ2n) is 5.69. The van der Waals surface area contributed by atoms with Crippen molar-refractivity contribution in [3.8, 4) is 0 Å². The zero-order valence-corrected chi connectivity index (χ0v) is 8.60. The minimum absolute atomic E-state index is 0.385. The van der Waals surface area contributed by atoms with Crippen LogP contribution in [0.5, 0.6) is 0 Å². The van der Waals surface area contributed by atoms with Crippen molar-refractivity contribution in [3.05, 3.63) is 0 Å². The van der Waals surface area contributed by atoms with Gasteiger partial charge in [-0.05, 0) is 61.2 Å². The summed E-state index contributed by atoms with van der Waals surface area (Å²) in [5.41, 5.74) is 0. The molecule has 80 valence electrons. The average molecular weight is 196 g/mol. The monoisotopic (exact) mass is 196 g/mol. The summed E-state index contributed by atoms with van der Waals surface area (Å²) in [5, 5.41) is 18.5. The van der Waals surface area contributed by atoms with Crippen molar-refractivity contribution in [2.45, 2.75) is 25.7 Å². The Balaban J connectivity index is 1.75. The largest absolute Gasteiger partial charge is 0.396 e. The first-order chi connectivity index (χ1) is 6.83. The van der Waals surface area contributed by atoms with Crippen LogP contribution in [0.3, 0.4) is 0 Å². The standard InChI is InChI=1S/C12H20O2/c13-5-7-1-10-8-3-9(6-14)11(4-8)12(10)2-7/h7-14H,1-6H2/t7?,8?,9?,10?,11-,12?/m0/s1. The van der Waals surface area contributed by atoms with Crippen LogP contribution in [0, 0.1) is 35.5 Å². The summed E-state index contributed by atoms with van der Waals surface area (Å²) in [4.78, 5) is 0. The molecule has 6 atom stereocenters. The van der Waals surface area contributed by atoms with Gasteiger partial charge in [0, 0.05) is 13.2 Å². The van der Waals surface area contributed by atoms with Crippen LogP contribution in [0.15, 0.2) is 0 Å². The molecule has 0 saturated heterocycles. The molecule has 3 saturated carbocycles. The van der Waals surface area contributed by atoms with Crippen molar-refractivity contribution in [1.29, 1.82) is 0 Å². The minimum atomic E-state index is 0.385. The molecular formula is C12H20O2. The van der Waals surface area contributed by atoms with Crippen molar-refractivity contribution in [1.82, 2.24) is 0 Å². The number of aliphatic hydroxyl groups excluding tert-OH is 2. The lowest BCUT2D eigenvalue weighted by Gasteiger charge is -2.30. The molecule has 2 N–H and O–H groups in total. The van der Waals surface area contributed by atoms with E-state index in [1.807, 2.05) is 0 Å². The number of fused-ring (bicyclic) bond motifs is 5. The van der Waals surface area contributed by atoms with Gasteiger partial charge in [-0.2, -0.15) is 0 Å². The first-order valence-electron chi connectivity index (χ1n) is 6.05. The van der Waals surface area contributed by atoms with Crippen LogP contribution in [0.2, 0.25) is 0 Å². The van der Waals surface area contributed by atoms with Crippen LogP contribution in [0.1, 0.15) is 25.7 Å². The van der Waals surface area contributed by atoms with Crippen LogP contribution >= 0.6 is 0 Å². The predicted molar refractivity (Wildman–Crippen MR) is 53.6 cm³/mol. The molecule has 0 aromatic heterocycles. The second kappa shape index (κ2) is 3.21. The summed E-state index contributed by atoms with van der Waals surface area (Å²) in [5.74, 6) is 4.61. The van der Waals surface area contributed by atoms with Crippen molar-refractivity contribution in [2.75, 3.05) is 13.2 Å². The van der Waals surface area contributed by atoms with Crippen molar-refractivity contribution >= 4 is 0 Å². The maximum absolute atomic E-state index is 9.28. The predicted octanol–water partition coefficient (Wildman–Crippen LogP) is 1.27. The van der Waals surface area contributed by atoms with E-state index >= 15 is 0 Å². The summed E-state index contributed by atoms with van der Waals surface area (Å²) >= 11 is 0. The minimum Gasteiger partial charge on any atom is -0.396 e. The third-order valence-electron chi connectivity index (χ3n) is 5.20. The highest BCUT2D eigenvalue weighted by molar-refractivity contribution is 5.04. The molecule has 2 bridgehead atoms. The van der Waals surface area contributed by atoms with Gasteiger partial charge in [-0.25, -0.2) is 0 Å². The Bertz CT molecular complexity index is 226. The molecule has 0 aliphatic heterocycles. The maximum Gasteiger partial charge on any atom is 0.0462 e. The van der Waals surface area contributed by atoms with Gasteiger partial charge in [0.2, 0.25) is 0 Å². The highest BCUT2D eigenvalue weighted by atomic mass is 16.3. The fraction of sp³-hybridized carbons (Fsp3) is 1.00. The topological polar surface area (TPSA) is 40.5 Å². The molecule has 0 radical (unpaired) electrons. The summed E-state index contributed by atoms with van der Waals surface area (Å²) < 4.78 is 0. The molecule has 0 amide bonds. The Hall–Kier alpha value is -0.0800. The highest BCUT2D eigenvalue weighted by Crippen LogP contribution is 2.61. The first kappa shape index (κ1) is 9.17. The van der Waals surface area contributed by atoms with Gasteiger partial charge in [-0.1, -0.05) is 0 Å². The average Bonchev–Trinajstić information content (AvgIpc) is 2.87. The summed E-state index contributed by atoms with van der Waals surface area (Å²) in [6.45, 7) is 0.782. The van der Waals surface area contributed by atoms with Crippen molar-refractivity contribution < 1.29 is 10.2 Å². The van der Waals surface area contributed by atoms with Gasteiger partial charge < -0.3 is 10.2 Å². The molecule has 0 aromatic rings. The van der Waals surface area contributed by atoms with Gasteiger partial charge in [-0.3, -0.25) is 0 Å². The Morgan fingerprint density at radius 2 is 1.57 bits per heavy atom. The maximum atomic E-state index is 9.28. The zero-order chi connectivity index (χ0) is 9.71. The van der Waals surface area contributed by atoms with Crippen LogP contribution in [0.4, 0.5) is 0 Å². The molecule has 0 spiro atoms. The van der Waals surface area contributed by atoms with E-state index in [0.29, 0.717) is 25.0 Å². The van der Waals surface area contributed by atoms with Crippen LogP contribution in [-0.4, -0.2) is 23.4 Å². The first-order valence-corrected chi connectivity index (χ1v) is 6.05.